The minimum Gasteiger partial charge on any atom is -0.341 e. The van der Waals surface area contributed by atoms with Gasteiger partial charge in [-0.1, -0.05) is 72.8 Å². The Bertz CT molecular complexity index is 1190. The Balaban J connectivity index is 1.42. The molecule has 5 rings (SSSR count). The van der Waals surface area contributed by atoms with Crippen LogP contribution in [0.5, 0.6) is 0 Å². The number of aryl methyl sites for hydroxylation is 1. The van der Waals surface area contributed by atoms with Crippen LogP contribution in [0.4, 0.5) is 0 Å². The number of rotatable bonds is 5. The summed E-state index contributed by atoms with van der Waals surface area (Å²) < 4.78 is 2.06. The number of nitrogens with zero attached hydrogens (tertiary/aromatic N) is 2. The van der Waals surface area contributed by atoms with Gasteiger partial charge in [-0.25, -0.2) is 15.8 Å². The molecule has 1 aliphatic heterocycles. The second-order valence-corrected chi connectivity index (χ2v) is 7.91. The molecular formula is C25H25N5O. The summed E-state index contributed by atoms with van der Waals surface area (Å²) in [5, 5.41) is 3.24. The predicted molar refractivity (Wildman–Crippen MR) is 121 cm³/mol. The van der Waals surface area contributed by atoms with Crippen molar-refractivity contribution >= 4 is 16.9 Å². The van der Waals surface area contributed by atoms with Gasteiger partial charge in [-0.3, -0.25) is 4.79 Å². The molecule has 0 aliphatic carbocycles. The molecule has 1 saturated heterocycles. The van der Waals surface area contributed by atoms with Gasteiger partial charge in [0, 0.05) is 13.1 Å². The quantitative estimate of drug-likeness (QED) is 0.471. The lowest BCUT2D eigenvalue weighted by atomic mass is 10.0. The third kappa shape index (κ3) is 3.83. The van der Waals surface area contributed by atoms with E-state index in [-0.39, 0.29) is 24.0 Å². The van der Waals surface area contributed by atoms with E-state index >= 15 is 0 Å². The molecule has 31 heavy (non-hydrogen) atoms. The summed E-state index contributed by atoms with van der Waals surface area (Å²) in [6.07, 6.45) is 0.680. The number of hydrazine groups is 1. The van der Waals surface area contributed by atoms with Crippen molar-refractivity contribution < 1.29 is 4.79 Å². The maximum atomic E-state index is 13.3. The largest absolute Gasteiger partial charge is 0.341 e. The van der Waals surface area contributed by atoms with Gasteiger partial charge in [0.15, 0.2) is 0 Å². The number of carbonyl (C=O) groups is 1. The second-order valence-electron chi connectivity index (χ2n) is 7.91. The second kappa shape index (κ2) is 8.34. The van der Waals surface area contributed by atoms with Crippen LogP contribution in [-0.4, -0.2) is 21.5 Å². The fraction of sp³-hybridized carbons (Fsp3) is 0.200. The van der Waals surface area contributed by atoms with E-state index in [2.05, 4.69) is 32.9 Å². The highest BCUT2D eigenvalue weighted by molar-refractivity contribution is 5.83. The average molecular weight is 412 g/mol. The van der Waals surface area contributed by atoms with Gasteiger partial charge < -0.3 is 9.88 Å². The first-order chi connectivity index (χ1) is 15.2. The van der Waals surface area contributed by atoms with Crippen molar-refractivity contribution in [3.05, 3.63) is 102 Å². The number of carbonyl (C=O) groups excluding carboxylic acids is 1. The minimum atomic E-state index is -0.344. The number of amides is 1. The molecule has 156 valence electrons. The Hall–Kier alpha value is -3.48. The third-order valence-corrected chi connectivity index (χ3v) is 5.92. The van der Waals surface area contributed by atoms with Gasteiger partial charge in [0.05, 0.1) is 11.0 Å². The summed E-state index contributed by atoms with van der Waals surface area (Å²) in [5.41, 5.74) is 10.5. The van der Waals surface area contributed by atoms with Gasteiger partial charge in [0.2, 0.25) is 5.91 Å². The SMILES string of the molecule is Cn1c(C(NC(=O)C2CC(c3ccccc3)NN2)c2ccccc2)nc2ccccc21. The zero-order chi connectivity index (χ0) is 21.2. The van der Waals surface area contributed by atoms with Crippen LogP contribution >= 0.6 is 0 Å². The van der Waals surface area contributed by atoms with Crippen molar-refractivity contribution in [1.29, 1.82) is 0 Å². The van der Waals surface area contributed by atoms with Crippen molar-refractivity contribution in [3.63, 3.8) is 0 Å². The molecule has 1 aliphatic rings. The molecule has 4 aromatic rings. The summed E-state index contributed by atoms with van der Waals surface area (Å²) in [6.45, 7) is 0. The zero-order valence-electron chi connectivity index (χ0n) is 17.3. The summed E-state index contributed by atoms with van der Waals surface area (Å²) in [6, 6.07) is 27.6. The highest BCUT2D eigenvalue weighted by Gasteiger charge is 2.32. The van der Waals surface area contributed by atoms with Gasteiger partial charge >= 0.3 is 0 Å². The van der Waals surface area contributed by atoms with E-state index in [1.165, 1.54) is 5.56 Å². The molecular weight excluding hydrogens is 386 g/mol. The van der Waals surface area contributed by atoms with Crippen molar-refractivity contribution in [2.24, 2.45) is 7.05 Å². The summed E-state index contributed by atoms with van der Waals surface area (Å²) in [7, 11) is 1.99. The molecule has 2 heterocycles. The summed E-state index contributed by atoms with van der Waals surface area (Å²) >= 11 is 0. The minimum absolute atomic E-state index is 0.0492. The molecule has 3 aromatic carbocycles. The van der Waals surface area contributed by atoms with E-state index in [1.54, 1.807) is 0 Å². The molecule has 0 spiro atoms. The van der Waals surface area contributed by atoms with Crippen LogP contribution in [0.3, 0.4) is 0 Å². The smallest absolute Gasteiger partial charge is 0.239 e. The number of fused-ring (bicyclic) bond motifs is 1. The van der Waals surface area contributed by atoms with Crippen molar-refractivity contribution in [2.45, 2.75) is 24.5 Å². The average Bonchev–Trinajstić information content (AvgIpc) is 3.44. The molecule has 6 heteroatoms. The number of benzene rings is 3. The normalized spacial score (nSPS) is 19.4. The van der Waals surface area contributed by atoms with E-state index in [4.69, 9.17) is 4.98 Å². The summed E-state index contributed by atoms with van der Waals surface area (Å²) in [4.78, 5) is 18.1. The Kier molecular flexibility index (Phi) is 5.24. The Morgan fingerprint density at radius 3 is 2.39 bits per heavy atom. The molecule has 3 N–H and O–H groups in total. The highest BCUT2D eigenvalue weighted by Crippen LogP contribution is 2.27. The van der Waals surface area contributed by atoms with Crippen LogP contribution in [0.2, 0.25) is 0 Å². The highest BCUT2D eigenvalue weighted by atomic mass is 16.2. The first-order valence-corrected chi connectivity index (χ1v) is 10.5. The van der Waals surface area contributed by atoms with E-state index in [9.17, 15) is 4.79 Å². The fourth-order valence-electron chi connectivity index (χ4n) is 4.24. The first-order valence-electron chi connectivity index (χ1n) is 10.5. The molecule has 0 radical (unpaired) electrons. The van der Waals surface area contributed by atoms with Gasteiger partial charge in [0.25, 0.3) is 0 Å². The molecule has 6 nitrogen and oxygen atoms in total. The number of hydrogen-bond donors (Lipinski definition) is 3. The number of para-hydroxylation sites is 2. The number of aromatic nitrogens is 2. The summed E-state index contributed by atoms with van der Waals surface area (Å²) in [5.74, 6) is 0.762. The molecule has 1 amide bonds. The fourth-order valence-corrected chi connectivity index (χ4v) is 4.24. The molecule has 0 saturated carbocycles. The van der Waals surface area contributed by atoms with Gasteiger partial charge in [-0.05, 0) is 29.7 Å². The number of imidazole rings is 1. The molecule has 1 aromatic heterocycles. The molecule has 0 bridgehead atoms. The molecule has 3 unspecified atom stereocenters. The lowest BCUT2D eigenvalue weighted by molar-refractivity contribution is -0.123. The van der Waals surface area contributed by atoms with E-state index < -0.39 is 0 Å². The Morgan fingerprint density at radius 1 is 0.968 bits per heavy atom. The van der Waals surface area contributed by atoms with Gasteiger partial charge in [-0.15, -0.1) is 0 Å². The van der Waals surface area contributed by atoms with Crippen LogP contribution in [-0.2, 0) is 11.8 Å². The van der Waals surface area contributed by atoms with E-state index in [0.717, 1.165) is 22.4 Å². The maximum absolute atomic E-state index is 13.3. The molecule has 3 atom stereocenters. The van der Waals surface area contributed by atoms with E-state index in [1.807, 2.05) is 79.8 Å². The monoisotopic (exact) mass is 411 g/mol. The Labute approximate surface area is 181 Å². The predicted octanol–water partition coefficient (Wildman–Crippen LogP) is 3.39. The van der Waals surface area contributed by atoms with Crippen molar-refractivity contribution in [1.82, 2.24) is 25.7 Å². The third-order valence-electron chi connectivity index (χ3n) is 5.92. The van der Waals surface area contributed by atoms with E-state index in [0.29, 0.717) is 6.42 Å². The van der Waals surface area contributed by atoms with Crippen LogP contribution in [0.1, 0.15) is 35.5 Å². The van der Waals surface area contributed by atoms with Crippen molar-refractivity contribution in [3.8, 4) is 0 Å². The molecule has 1 fully saturated rings. The number of nitrogens with one attached hydrogen (secondary N) is 3. The van der Waals surface area contributed by atoms with Gasteiger partial charge in [-0.2, -0.15) is 0 Å². The van der Waals surface area contributed by atoms with Gasteiger partial charge in [0.1, 0.15) is 17.9 Å². The van der Waals surface area contributed by atoms with Crippen LogP contribution < -0.4 is 16.2 Å². The lowest BCUT2D eigenvalue weighted by Gasteiger charge is -2.21. The van der Waals surface area contributed by atoms with Crippen LogP contribution in [0.15, 0.2) is 84.9 Å². The van der Waals surface area contributed by atoms with Crippen LogP contribution in [0, 0.1) is 0 Å². The van der Waals surface area contributed by atoms with Crippen molar-refractivity contribution in [2.75, 3.05) is 0 Å². The lowest BCUT2D eigenvalue weighted by Crippen LogP contribution is -2.45. The zero-order valence-corrected chi connectivity index (χ0v) is 17.3. The number of hydrogen-bond acceptors (Lipinski definition) is 4. The van der Waals surface area contributed by atoms with Crippen LogP contribution in [0.25, 0.3) is 11.0 Å². The standard InChI is InChI=1S/C25H25N5O/c1-30-22-15-9-8-14-19(22)26-24(30)23(18-12-6-3-7-13-18)27-25(31)21-16-20(28-29-21)17-10-4-2-5-11-17/h2-15,20-21,23,28-29H,16H2,1H3,(H,27,31). The maximum Gasteiger partial charge on any atom is 0.239 e. The first kappa shape index (κ1) is 19.5. The topological polar surface area (TPSA) is 71.0 Å². The Morgan fingerprint density at radius 2 is 1.65 bits per heavy atom.